The number of hydrogen-bond acceptors (Lipinski definition) is 5. The van der Waals surface area contributed by atoms with Gasteiger partial charge in [0.15, 0.2) is 0 Å². The summed E-state index contributed by atoms with van der Waals surface area (Å²) in [6.07, 6.45) is 3.51. The van der Waals surface area contributed by atoms with E-state index >= 15 is 0 Å². The third-order valence-corrected chi connectivity index (χ3v) is 5.45. The molecular weight excluding hydrogens is 336 g/mol. The van der Waals surface area contributed by atoms with Gasteiger partial charge in [-0.1, -0.05) is 6.42 Å². The zero-order valence-electron chi connectivity index (χ0n) is 15.5. The molecule has 3 amide bonds. The van der Waals surface area contributed by atoms with E-state index in [2.05, 4.69) is 4.90 Å². The first-order valence-electron chi connectivity index (χ1n) is 9.77. The lowest BCUT2D eigenvalue weighted by atomic mass is 10.2. The Kier molecular flexibility index (Phi) is 6.85. The zero-order valence-corrected chi connectivity index (χ0v) is 15.5. The second kappa shape index (κ2) is 9.32. The highest BCUT2D eigenvalue weighted by atomic mass is 16.5. The summed E-state index contributed by atoms with van der Waals surface area (Å²) in [4.78, 5) is 44.5. The lowest BCUT2D eigenvalue weighted by molar-refractivity contribution is -0.144. The van der Waals surface area contributed by atoms with Gasteiger partial charge in [-0.25, -0.2) is 0 Å². The highest BCUT2D eigenvalue weighted by molar-refractivity contribution is 5.85. The molecule has 0 atom stereocenters. The molecule has 3 aliphatic heterocycles. The van der Waals surface area contributed by atoms with Crippen LogP contribution in [0.3, 0.4) is 0 Å². The fraction of sp³-hybridized carbons (Fsp3) is 0.833. The van der Waals surface area contributed by atoms with Gasteiger partial charge in [0.2, 0.25) is 17.7 Å². The summed E-state index contributed by atoms with van der Waals surface area (Å²) in [6, 6.07) is 0. The summed E-state index contributed by atoms with van der Waals surface area (Å²) in [5.41, 5.74) is 0. The van der Waals surface area contributed by atoms with Crippen LogP contribution in [-0.4, -0.2) is 109 Å². The van der Waals surface area contributed by atoms with E-state index in [0.717, 1.165) is 32.4 Å². The SMILES string of the molecule is O=C(CN1CCOCC1)N1CCN(C(=O)CN2CCCCCC2=O)CC1. The first-order chi connectivity index (χ1) is 12.6. The fourth-order valence-electron chi connectivity index (χ4n) is 3.72. The van der Waals surface area contributed by atoms with Crippen molar-refractivity contribution >= 4 is 17.7 Å². The van der Waals surface area contributed by atoms with Crippen molar-refractivity contribution in [2.45, 2.75) is 25.7 Å². The highest BCUT2D eigenvalue weighted by Crippen LogP contribution is 2.12. The number of likely N-dealkylation sites (tertiary alicyclic amines) is 1. The molecule has 3 saturated heterocycles. The van der Waals surface area contributed by atoms with Gasteiger partial charge >= 0.3 is 0 Å². The molecule has 0 saturated carbocycles. The molecule has 0 radical (unpaired) electrons. The summed E-state index contributed by atoms with van der Waals surface area (Å²) in [5, 5.41) is 0. The molecule has 26 heavy (non-hydrogen) atoms. The first kappa shape index (κ1) is 19.1. The lowest BCUT2D eigenvalue weighted by Crippen LogP contribution is -2.55. The van der Waals surface area contributed by atoms with Gasteiger partial charge < -0.3 is 19.4 Å². The molecule has 0 aromatic heterocycles. The fourth-order valence-corrected chi connectivity index (χ4v) is 3.72. The van der Waals surface area contributed by atoms with Crippen molar-refractivity contribution in [1.29, 1.82) is 0 Å². The Morgan fingerprint density at radius 3 is 2.04 bits per heavy atom. The summed E-state index contributed by atoms with van der Waals surface area (Å²) >= 11 is 0. The normalized spacial score (nSPS) is 23.1. The number of hydrogen-bond donors (Lipinski definition) is 0. The van der Waals surface area contributed by atoms with Crippen LogP contribution < -0.4 is 0 Å². The number of amides is 3. The molecule has 8 nitrogen and oxygen atoms in total. The Morgan fingerprint density at radius 1 is 0.769 bits per heavy atom. The third kappa shape index (κ3) is 5.17. The quantitative estimate of drug-likeness (QED) is 0.664. The Hall–Kier alpha value is -1.67. The molecule has 0 bridgehead atoms. The van der Waals surface area contributed by atoms with Gasteiger partial charge in [0.1, 0.15) is 0 Å². The Balaban J connectivity index is 1.41. The maximum atomic E-state index is 12.5. The number of carbonyl (C=O) groups is 3. The molecule has 3 rings (SSSR count). The van der Waals surface area contributed by atoms with Crippen LogP contribution >= 0.6 is 0 Å². The van der Waals surface area contributed by atoms with Crippen molar-refractivity contribution < 1.29 is 19.1 Å². The number of nitrogens with zero attached hydrogens (tertiary/aromatic N) is 4. The topological polar surface area (TPSA) is 73.4 Å². The summed E-state index contributed by atoms with van der Waals surface area (Å²) in [7, 11) is 0. The number of rotatable bonds is 4. The molecule has 146 valence electrons. The molecule has 3 heterocycles. The molecule has 3 aliphatic rings. The van der Waals surface area contributed by atoms with Gasteiger partial charge in [-0.2, -0.15) is 0 Å². The second-order valence-electron chi connectivity index (χ2n) is 7.28. The van der Waals surface area contributed by atoms with E-state index in [9.17, 15) is 14.4 Å². The Bertz CT molecular complexity index is 513. The molecule has 0 N–H and O–H groups in total. The van der Waals surface area contributed by atoms with Gasteiger partial charge in [0.25, 0.3) is 0 Å². The molecule has 8 heteroatoms. The van der Waals surface area contributed by atoms with Crippen LogP contribution in [0.5, 0.6) is 0 Å². The minimum absolute atomic E-state index is 0.000489. The highest BCUT2D eigenvalue weighted by Gasteiger charge is 2.27. The van der Waals surface area contributed by atoms with Crippen molar-refractivity contribution in [3.63, 3.8) is 0 Å². The number of ether oxygens (including phenoxy) is 1. The summed E-state index contributed by atoms with van der Waals surface area (Å²) in [5.74, 6) is 0.220. The van der Waals surface area contributed by atoms with Crippen molar-refractivity contribution in [3.8, 4) is 0 Å². The van der Waals surface area contributed by atoms with Crippen LogP contribution in [0.25, 0.3) is 0 Å². The van der Waals surface area contributed by atoms with Crippen LogP contribution in [0.4, 0.5) is 0 Å². The number of piperazine rings is 1. The van der Waals surface area contributed by atoms with E-state index in [-0.39, 0.29) is 24.3 Å². The first-order valence-corrected chi connectivity index (χ1v) is 9.77. The molecule has 3 fully saturated rings. The molecule has 0 unspecified atom stereocenters. The standard InChI is InChI=1S/C18H30N4O4/c23-16-4-2-1-3-5-22(16)15-18(25)21-8-6-20(7-9-21)17(24)14-19-10-12-26-13-11-19/h1-15H2. The molecule has 0 aromatic carbocycles. The summed E-state index contributed by atoms with van der Waals surface area (Å²) < 4.78 is 5.31. The second-order valence-corrected chi connectivity index (χ2v) is 7.28. The van der Waals surface area contributed by atoms with Crippen LogP contribution in [0, 0.1) is 0 Å². The van der Waals surface area contributed by atoms with Crippen LogP contribution in [-0.2, 0) is 19.1 Å². The third-order valence-electron chi connectivity index (χ3n) is 5.45. The minimum atomic E-state index is 0.000489. The van der Waals surface area contributed by atoms with E-state index in [1.165, 1.54) is 0 Å². The van der Waals surface area contributed by atoms with Gasteiger partial charge in [-0.3, -0.25) is 19.3 Å². The lowest BCUT2D eigenvalue weighted by Gasteiger charge is -2.37. The van der Waals surface area contributed by atoms with Gasteiger partial charge in [0, 0.05) is 52.2 Å². The zero-order chi connectivity index (χ0) is 18.4. The van der Waals surface area contributed by atoms with E-state index < -0.39 is 0 Å². The maximum absolute atomic E-state index is 12.5. The van der Waals surface area contributed by atoms with Crippen molar-refractivity contribution in [2.24, 2.45) is 0 Å². The number of morpholine rings is 1. The largest absolute Gasteiger partial charge is 0.379 e. The Morgan fingerprint density at radius 2 is 1.38 bits per heavy atom. The molecule has 0 aliphatic carbocycles. The predicted octanol–water partition coefficient (Wildman–Crippen LogP) is -0.608. The van der Waals surface area contributed by atoms with Gasteiger partial charge in [-0.05, 0) is 12.8 Å². The van der Waals surface area contributed by atoms with Crippen molar-refractivity contribution in [3.05, 3.63) is 0 Å². The average molecular weight is 366 g/mol. The smallest absolute Gasteiger partial charge is 0.242 e. The minimum Gasteiger partial charge on any atom is -0.379 e. The van der Waals surface area contributed by atoms with E-state index in [1.54, 1.807) is 9.80 Å². The van der Waals surface area contributed by atoms with Gasteiger partial charge in [-0.15, -0.1) is 0 Å². The maximum Gasteiger partial charge on any atom is 0.242 e. The van der Waals surface area contributed by atoms with Crippen molar-refractivity contribution in [2.75, 3.05) is 72.1 Å². The van der Waals surface area contributed by atoms with Crippen LogP contribution in [0.2, 0.25) is 0 Å². The van der Waals surface area contributed by atoms with Crippen LogP contribution in [0.15, 0.2) is 0 Å². The number of carbonyl (C=O) groups excluding carboxylic acids is 3. The average Bonchev–Trinajstić information content (AvgIpc) is 2.87. The van der Waals surface area contributed by atoms with Crippen LogP contribution in [0.1, 0.15) is 25.7 Å². The van der Waals surface area contributed by atoms with Crippen molar-refractivity contribution in [1.82, 2.24) is 19.6 Å². The molecule has 0 aromatic rings. The van der Waals surface area contributed by atoms with E-state index in [0.29, 0.717) is 58.9 Å². The predicted molar refractivity (Wildman–Crippen MR) is 95.5 cm³/mol. The molecule has 0 spiro atoms. The van der Waals surface area contributed by atoms with Gasteiger partial charge in [0.05, 0.1) is 26.3 Å². The monoisotopic (exact) mass is 366 g/mol. The van der Waals surface area contributed by atoms with E-state index in [4.69, 9.17) is 4.74 Å². The van der Waals surface area contributed by atoms with E-state index in [1.807, 2.05) is 4.90 Å². The summed E-state index contributed by atoms with van der Waals surface area (Å²) in [6.45, 7) is 6.51. The molecular formula is C18H30N4O4. The Labute approximate surface area is 155 Å².